The van der Waals surface area contributed by atoms with E-state index in [0.29, 0.717) is 11.4 Å². The third-order valence-electron chi connectivity index (χ3n) is 4.06. The van der Waals surface area contributed by atoms with Gasteiger partial charge in [0, 0.05) is 17.7 Å². The summed E-state index contributed by atoms with van der Waals surface area (Å²) in [4.78, 5) is 21.7. The highest BCUT2D eigenvalue weighted by Crippen LogP contribution is 2.39. The number of ether oxygens (including phenoxy) is 1. The van der Waals surface area contributed by atoms with E-state index in [1.807, 2.05) is 0 Å². The standard InChI is InChI=1S/C15H16N2O7S/c1-7-11(15(18)19)12(13(24-3)8(2)16-7)9-5-4-6-10(17(20)21)14(9)25(22)23/h4-6,9,12,16H,1-3H3,(H,18,19). The highest BCUT2D eigenvalue weighted by molar-refractivity contribution is 7.73. The first-order valence-corrected chi connectivity index (χ1v) is 8.23. The number of aliphatic carboxylic acids is 1. The van der Waals surface area contributed by atoms with Crippen LogP contribution in [0.1, 0.15) is 13.8 Å². The van der Waals surface area contributed by atoms with Crippen molar-refractivity contribution in [2.75, 3.05) is 7.11 Å². The third kappa shape index (κ3) is 3.20. The maximum Gasteiger partial charge on any atom is 0.334 e. The molecule has 0 saturated heterocycles. The summed E-state index contributed by atoms with van der Waals surface area (Å²) in [5.41, 5.74) is 0.133. The van der Waals surface area contributed by atoms with Crippen LogP contribution in [0.3, 0.4) is 0 Å². The van der Waals surface area contributed by atoms with Crippen molar-refractivity contribution in [1.82, 2.24) is 5.32 Å². The molecule has 0 aromatic heterocycles. The Balaban J connectivity index is 2.75. The number of carboxylic acids is 1. The van der Waals surface area contributed by atoms with Gasteiger partial charge in [0.05, 0.1) is 29.2 Å². The van der Waals surface area contributed by atoms with Crippen molar-refractivity contribution in [1.29, 1.82) is 0 Å². The van der Waals surface area contributed by atoms with Crippen LogP contribution in [0.15, 0.2) is 46.7 Å². The Labute approximate surface area is 144 Å². The lowest BCUT2D eigenvalue weighted by Gasteiger charge is -2.33. The number of nitrogens with one attached hydrogen (secondary N) is 1. The molecule has 2 unspecified atom stereocenters. The molecule has 10 heteroatoms. The van der Waals surface area contributed by atoms with Crippen molar-refractivity contribution in [2.24, 2.45) is 11.8 Å². The fourth-order valence-electron chi connectivity index (χ4n) is 3.14. The Kier molecular flexibility index (Phi) is 5.12. The van der Waals surface area contributed by atoms with Crippen molar-refractivity contribution < 1.29 is 28.0 Å². The Morgan fingerprint density at radius 2 is 2.00 bits per heavy atom. The molecule has 0 aromatic carbocycles. The van der Waals surface area contributed by atoms with Gasteiger partial charge in [0.1, 0.15) is 5.76 Å². The molecule has 0 aromatic rings. The molecule has 2 aliphatic rings. The molecule has 1 heterocycles. The second-order valence-corrected chi connectivity index (χ2v) is 6.37. The van der Waals surface area contributed by atoms with E-state index in [1.54, 1.807) is 6.92 Å². The quantitative estimate of drug-likeness (QED) is 0.423. The summed E-state index contributed by atoms with van der Waals surface area (Å²) in [7, 11) is -1.58. The van der Waals surface area contributed by atoms with Gasteiger partial charge in [0.15, 0.2) is 4.86 Å². The van der Waals surface area contributed by atoms with Gasteiger partial charge in [-0.2, -0.15) is 8.42 Å². The lowest BCUT2D eigenvalue weighted by Crippen LogP contribution is -2.38. The summed E-state index contributed by atoms with van der Waals surface area (Å²) in [5, 5.41) is 23.7. The molecule has 2 rings (SSSR count). The lowest BCUT2D eigenvalue weighted by atomic mass is 9.77. The van der Waals surface area contributed by atoms with Gasteiger partial charge in [-0.1, -0.05) is 12.2 Å². The van der Waals surface area contributed by atoms with Crippen molar-refractivity contribution in [3.05, 3.63) is 56.8 Å². The summed E-state index contributed by atoms with van der Waals surface area (Å²) in [6.45, 7) is 3.19. The van der Waals surface area contributed by atoms with E-state index in [-0.39, 0.29) is 11.3 Å². The molecular formula is C15H16N2O7S. The molecule has 9 nitrogen and oxygen atoms in total. The van der Waals surface area contributed by atoms with Gasteiger partial charge < -0.3 is 15.2 Å². The molecule has 134 valence electrons. The summed E-state index contributed by atoms with van der Waals surface area (Å²) in [5.74, 6) is -3.14. The maximum atomic E-state index is 11.8. The van der Waals surface area contributed by atoms with E-state index in [0.717, 1.165) is 6.08 Å². The fraction of sp³-hybridized carbons (Fsp3) is 0.333. The first kappa shape index (κ1) is 18.5. The SMILES string of the molecule is COC1=C(C)NC(C)=C(C(=O)O)C1C1C=CC=C([N+](=O)[O-])C1=S(=O)=O. The average Bonchev–Trinajstić information content (AvgIpc) is 2.52. The number of allylic oxidation sites excluding steroid dienone is 7. The van der Waals surface area contributed by atoms with E-state index in [9.17, 15) is 28.4 Å². The number of methoxy groups -OCH3 is 1. The first-order chi connectivity index (χ1) is 11.7. The molecule has 0 amide bonds. The lowest BCUT2D eigenvalue weighted by molar-refractivity contribution is -0.415. The molecule has 0 bridgehead atoms. The predicted octanol–water partition coefficient (Wildman–Crippen LogP) is 0.840. The maximum absolute atomic E-state index is 11.8. The number of rotatable bonds is 4. The van der Waals surface area contributed by atoms with Crippen LogP contribution < -0.4 is 5.32 Å². The van der Waals surface area contributed by atoms with Gasteiger partial charge >= 0.3 is 5.97 Å². The summed E-state index contributed by atoms with van der Waals surface area (Å²) < 4.78 is 28.7. The zero-order chi connectivity index (χ0) is 18.9. The normalized spacial score (nSPS) is 23.2. The van der Waals surface area contributed by atoms with Crippen LogP contribution in [0.2, 0.25) is 0 Å². The minimum atomic E-state index is -2.91. The van der Waals surface area contributed by atoms with Crippen molar-refractivity contribution >= 4 is 21.1 Å². The van der Waals surface area contributed by atoms with E-state index in [2.05, 4.69) is 5.32 Å². The Hall–Kier alpha value is -2.88. The number of nitrogens with zero attached hydrogens (tertiary/aromatic N) is 1. The highest BCUT2D eigenvalue weighted by atomic mass is 32.2. The van der Waals surface area contributed by atoms with Crippen LogP contribution in [-0.4, -0.2) is 36.4 Å². The molecule has 2 N–H and O–H groups in total. The summed E-state index contributed by atoms with van der Waals surface area (Å²) in [6.07, 6.45) is 3.85. The van der Waals surface area contributed by atoms with Gasteiger partial charge in [0.2, 0.25) is 10.3 Å². The van der Waals surface area contributed by atoms with Crippen LogP contribution in [0.25, 0.3) is 0 Å². The smallest absolute Gasteiger partial charge is 0.334 e. The summed E-state index contributed by atoms with van der Waals surface area (Å²) in [6, 6.07) is 0. The third-order valence-corrected chi connectivity index (χ3v) is 4.90. The molecule has 0 saturated carbocycles. The van der Waals surface area contributed by atoms with Gasteiger partial charge in [-0.15, -0.1) is 0 Å². The molecule has 25 heavy (non-hydrogen) atoms. The number of carboxylic acid groups (broad SMARTS) is 1. The van der Waals surface area contributed by atoms with Gasteiger partial charge in [0.25, 0.3) is 5.70 Å². The minimum absolute atomic E-state index is 0.107. The van der Waals surface area contributed by atoms with Crippen LogP contribution in [-0.2, 0) is 19.8 Å². The molecule has 0 spiro atoms. The van der Waals surface area contributed by atoms with E-state index < -0.39 is 43.6 Å². The second kappa shape index (κ2) is 6.93. The van der Waals surface area contributed by atoms with Crippen LogP contribution in [0, 0.1) is 22.0 Å². The highest BCUT2D eigenvalue weighted by Gasteiger charge is 2.44. The molecule has 0 fully saturated rings. The summed E-state index contributed by atoms with van der Waals surface area (Å²) >= 11 is 0. The molecular weight excluding hydrogens is 352 g/mol. The van der Waals surface area contributed by atoms with Gasteiger partial charge in [-0.3, -0.25) is 10.1 Å². The molecule has 0 radical (unpaired) electrons. The van der Waals surface area contributed by atoms with E-state index >= 15 is 0 Å². The van der Waals surface area contributed by atoms with Crippen LogP contribution in [0.4, 0.5) is 0 Å². The largest absolute Gasteiger partial charge is 0.499 e. The minimum Gasteiger partial charge on any atom is -0.499 e. The van der Waals surface area contributed by atoms with Gasteiger partial charge in [-0.25, -0.2) is 4.79 Å². The van der Waals surface area contributed by atoms with Crippen molar-refractivity contribution in [3.8, 4) is 0 Å². The predicted molar refractivity (Wildman–Crippen MR) is 88.3 cm³/mol. The average molecular weight is 368 g/mol. The van der Waals surface area contributed by atoms with Gasteiger partial charge in [-0.05, 0) is 13.8 Å². The van der Waals surface area contributed by atoms with E-state index in [1.165, 1.54) is 26.2 Å². The molecule has 2 atom stereocenters. The number of dihydropyridines is 1. The Morgan fingerprint density at radius 1 is 1.36 bits per heavy atom. The number of hydrogen-bond acceptors (Lipinski definition) is 7. The topological polar surface area (TPSA) is 136 Å². The van der Waals surface area contributed by atoms with Crippen LogP contribution in [0.5, 0.6) is 0 Å². The zero-order valence-electron chi connectivity index (χ0n) is 13.6. The number of hydrogen-bond donors (Lipinski definition) is 2. The first-order valence-electron chi connectivity index (χ1n) is 7.15. The van der Waals surface area contributed by atoms with E-state index in [4.69, 9.17) is 4.74 Å². The van der Waals surface area contributed by atoms with Crippen LogP contribution >= 0.6 is 0 Å². The molecule has 1 aliphatic carbocycles. The second-order valence-electron chi connectivity index (χ2n) is 5.46. The Morgan fingerprint density at radius 3 is 2.48 bits per heavy atom. The number of carbonyl (C=O) groups is 1. The zero-order valence-corrected chi connectivity index (χ0v) is 14.5. The number of nitro groups is 1. The molecule has 1 aliphatic heterocycles. The van der Waals surface area contributed by atoms with Crippen molar-refractivity contribution in [3.63, 3.8) is 0 Å². The van der Waals surface area contributed by atoms with Crippen molar-refractivity contribution in [2.45, 2.75) is 13.8 Å². The fourth-order valence-corrected chi connectivity index (χ4v) is 3.89. The monoisotopic (exact) mass is 368 g/mol. The Bertz CT molecular complexity index is 898.